The first-order chi connectivity index (χ1) is 10.6. The van der Waals surface area contributed by atoms with E-state index in [1.165, 1.54) is 11.1 Å². The van der Waals surface area contributed by atoms with E-state index in [0.717, 1.165) is 44.1 Å². The van der Waals surface area contributed by atoms with E-state index < -0.39 is 5.97 Å². The summed E-state index contributed by atoms with van der Waals surface area (Å²) in [5.74, 6) is 0.403. The number of carbonyl (C=O) groups is 2. The molecule has 1 aromatic carbocycles. The second-order valence-corrected chi connectivity index (χ2v) is 6.98. The lowest BCUT2D eigenvalue weighted by Crippen LogP contribution is -2.26. The van der Waals surface area contributed by atoms with Gasteiger partial charge in [-0.15, -0.1) is 0 Å². The molecule has 2 aliphatic rings. The Hall–Kier alpha value is -1.64. The zero-order chi connectivity index (χ0) is 15.7. The molecule has 0 saturated heterocycles. The molecule has 0 bridgehead atoms. The molecule has 1 saturated carbocycles. The first-order valence-electron chi connectivity index (χ1n) is 8.40. The molecule has 2 aliphatic carbocycles. The zero-order valence-corrected chi connectivity index (χ0v) is 13.2. The fraction of sp³-hybridized carbons (Fsp3) is 0.579. The summed E-state index contributed by atoms with van der Waals surface area (Å²) >= 11 is 0. The van der Waals surface area contributed by atoms with Gasteiger partial charge in [0.2, 0.25) is 0 Å². The van der Waals surface area contributed by atoms with Crippen LogP contribution < -0.4 is 0 Å². The van der Waals surface area contributed by atoms with Crippen LogP contribution >= 0.6 is 0 Å². The zero-order valence-electron chi connectivity index (χ0n) is 13.2. The molecule has 1 aromatic rings. The maximum absolute atomic E-state index is 12.6. The number of hydrogen-bond donors (Lipinski definition) is 1. The minimum absolute atomic E-state index is 0.169. The Morgan fingerprint density at radius 3 is 2.50 bits per heavy atom. The largest absolute Gasteiger partial charge is 0.481 e. The van der Waals surface area contributed by atoms with Crippen molar-refractivity contribution in [3.63, 3.8) is 0 Å². The number of carboxylic acids is 1. The average molecular weight is 300 g/mol. The van der Waals surface area contributed by atoms with E-state index in [1.54, 1.807) is 0 Å². The van der Waals surface area contributed by atoms with Crippen LogP contribution in [-0.4, -0.2) is 16.9 Å². The lowest BCUT2D eigenvalue weighted by Gasteiger charge is -2.31. The maximum atomic E-state index is 12.6. The Balaban J connectivity index is 1.70. The minimum Gasteiger partial charge on any atom is -0.481 e. The van der Waals surface area contributed by atoms with Crippen LogP contribution in [0, 0.1) is 24.7 Å². The molecule has 0 amide bonds. The summed E-state index contributed by atoms with van der Waals surface area (Å²) in [5.41, 5.74) is 3.37. The third-order valence-corrected chi connectivity index (χ3v) is 5.71. The summed E-state index contributed by atoms with van der Waals surface area (Å²) in [6, 6.07) is 6.03. The molecule has 0 aromatic heterocycles. The van der Waals surface area contributed by atoms with Gasteiger partial charge in [-0.2, -0.15) is 0 Å². The fourth-order valence-corrected chi connectivity index (χ4v) is 4.32. The molecule has 3 heteroatoms. The van der Waals surface area contributed by atoms with Crippen molar-refractivity contribution in [1.29, 1.82) is 0 Å². The van der Waals surface area contributed by atoms with E-state index in [1.807, 2.05) is 12.1 Å². The number of ketones is 1. The van der Waals surface area contributed by atoms with Crippen LogP contribution in [0.2, 0.25) is 0 Å². The number of rotatable bonds is 2. The summed E-state index contributed by atoms with van der Waals surface area (Å²) < 4.78 is 0. The Bertz CT molecular complexity index is 582. The molecule has 3 nitrogen and oxygen atoms in total. The SMILES string of the molecule is Cc1cccc2c1CC[C@@H](C1CCC(C(=O)O)CC1)CC2=O. The van der Waals surface area contributed by atoms with Crippen molar-refractivity contribution in [2.75, 3.05) is 0 Å². The van der Waals surface area contributed by atoms with Crippen LogP contribution in [-0.2, 0) is 11.2 Å². The molecular formula is C19H24O3. The minimum atomic E-state index is -0.654. The van der Waals surface area contributed by atoms with Gasteiger partial charge in [0, 0.05) is 12.0 Å². The van der Waals surface area contributed by atoms with Crippen LogP contribution in [0.5, 0.6) is 0 Å². The van der Waals surface area contributed by atoms with Crippen LogP contribution in [0.4, 0.5) is 0 Å². The number of fused-ring (bicyclic) bond motifs is 1. The number of aliphatic carboxylic acids is 1. The number of hydrogen-bond acceptors (Lipinski definition) is 2. The van der Waals surface area contributed by atoms with Gasteiger partial charge in [0.25, 0.3) is 0 Å². The summed E-state index contributed by atoms with van der Waals surface area (Å²) in [5, 5.41) is 9.12. The highest BCUT2D eigenvalue weighted by molar-refractivity contribution is 5.98. The second kappa shape index (κ2) is 6.23. The average Bonchev–Trinajstić information content (AvgIpc) is 2.68. The smallest absolute Gasteiger partial charge is 0.306 e. The van der Waals surface area contributed by atoms with Gasteiger partial charge in [-0.1, -0.05) is 18.2 Å². The Labute approximate surface area is 131 Å². The lowest BCUT2D eigenvalue weighted by atomic mass is 9.73. The topological polar surface area (TPSA) is 54.4 Å². The van der Waals surface area contributed by atoms with E-state index in [0.29, 0.717) is 18.3 Å². The third-order valence-electron chi connectivity index (χ3n) is 5.71. The van der Waals surface area contributed by atoms with E-state index in [2.05, 4.69) is 13.0 Å². The van der Waals surface area contributed by atoms with E-state index in [4.69, 9.17) is 5.11 Å². The number of carboxylic acid groups (broad SMARTS) is 1. The number of aryl methyl sites for hydroxylation is 1. The molecule has 1 atom stereocenters. The molecule has 1 fully saturated rings. The van der Waals surface area contributed by atoms with Gasteiger partial charge >= 0.3 is 5.97 Å². The number of benzene rings is 1. The summed E-state index contributed by atoms with van der Waals surface area (Å²) in [6.07, 6.45) is 6.16. The highest BCUT2D eigenvalue weighted by atomic mass is 16.4. The predicted molar refractivity (Wildman–Crippen MR) is 85.0 cm³/mol. The van der Waals surface area contributed by atoms with E-state index in [-0.39, 0.29) is 11.7 Å². The molecule has 0 aliphatic heterocycles. The van der Waals surface area contributed by atoms with Gasteiger partial charge in [-0.05, 0) is 68.4 Å². The van der Waals surface area contributed by atoms with Crippen LogP contribution in [0.25, 0.3) is 0 Å². The Morgan fingerprint density at radius 2 is 1.82 bits per heavy atom. The van der Waals surface area contributed by atoms with Crippen molar-refractivity contribution in [3.8, 4) is 0 Å². The molecule has 22 heavy (non-hydrogen) atoms. The van der Waals surface area contributed by atoms with Crippen molar-refractivity contribution in [2.45, 2.75) is 51.9 Å². The second-order valence-electron chi connectivity index (χ2n) is 6.98. The standard InChI is InChI=1S/C19H24O3/c1-12-3-2-4-17-16(12)10-9-15(11-18(17)20)13-5-7-14(8-6-13)19(21)22/h2-4,13-15H,5-11H2,1H3,(H,21,22)/t13?,14?,15-/m1/s1. The van der Waals surface area contributed by atoms with Gasteiger partial charge < -0.3 is 5.11 Å². The molecule has 0 radical (unpaired) electrons. The molecule has 3 rings (SSSR count). The summed E-state index contributed by atoms with van der Waals surface area (Å²) in [6.45, 7) is 2.09. The maximum Gasteiger partial charge on any atom is 0.306 e. The molecule has 118 valence electrons. The van der Waals surface area contributed by atoms with Gasteiger partial charge in [0.15, 0.2) is 5.78 Å². The highest BCUT2D eigenvalue weighted by Gasteiger charge is 2.33. The number of carbonyl (C=O) groups excluding carboxylic acids is 1. The number of Topliss-reactive ketones (excluding diaryl/α,β-unsaturated/α-hetero) is 1. The first-order valence-corrected chi connectivity index (χ1v) is 8.40. The Morgan fingerprint density at radius 1 is 1.09 bits per heavy atom. The van der Waals surface area contributed by atoms with Crippen molar-refractivity contribution in [3.05, 3.63) is 34.9 Å². The molecular weight excluding hydrogens is 276 g/mol. The molecule has 0 unspecified atom stereocenters. The Kier molecular flexibility index (Phi) is 4.32. The van der Waals surface area contributed by atoms with Crippen molar-refractivity contribution >= 4 is 11.8 Å². The molecule has 0 heterocycles. The normalized spacial score (nSPS) is 28.8. The first kappa shape index (κ1) is 15.3. The monoisotopic (exact) mass is 300 g/mol. The quantitative estimate of drug-likeness (QED) is 0.839. The van der Waals surface area contributed by atoms with Gasteiger partial charge in [0.05, 0.1) is 5.92 Å². The van der Waals surface area contributed by atoms with Gasteiger partial charge in [-0.3, -0.25) is 9.59 Å². The van der Waals surface area contributed by atoms with Crippen molar-refractivity contribution in [1.82, 2.24) is 0 Å². The van der Waals surface area contributed by atoms with E-state index in [9.17, 15) is 9.59 Å². The third kappa shape index (κ3) is 2.94. The lowest BCUT2D eigenvalue weighted by molar-refractivity contribution is -0.143. The van der Waals surface area contributed by atoms with Crippen LogP contribution in [0.3, 0.4) is 0 Å². The van der Waals surface area contributed by atoms with E-state index >= 15 is 0 Å². The van der Waals surface area contributed by atoms with Crippen LogP contribution in [0.15, 0.2) is 18.2 Å². The van der Waals surface area contributed by atoms with Gasteiger partial charge in [-0.25, -0.2) is 0 Å². The summed E-state index contributed by atoms with van der Waals surface area (Å²) in [7, 11) is 0. The van der Waals surface area contributed by atoms with Gasteiger partial charge in [0.1, 0.15) is 0 Å². The van der Waals surface area contributed by atoms with Crippen molar-refractivity contribution < 1.29 is 14.7 Å². The van der Waals surface area contributed by atoms with Crippen LogP contribution in [0.1, 0.15) is 60.0 Å². The fourth-order valence-electron chi connectivity index (χ4n) is 4.32. The summed E-state index contributed by atoms with van der Waals surface area (Å²) in [4.78, 5) is 23.7. The van der Waals surface area contributed by atoms with Crippen molar-refractivity contribution in [2.24, 2.45) is 17.8 Å². The molecule has 1 N–H and O–H groups in total. The molecule has 0 spiro atoms. The highest BCUT2D eigenvalue weighted by Crippen LogP contribution is 2.39. The predicted octanol–water partition coefficient (Wildman–Crippen LogP) is 4.02.